The standard InChI is InChI=1S/C25H30N4O6/c1-33-20-13-16(14-21(34-2)22(20)35-3)15-26-29-25(32)24(31)28-19-12-8-7-11-18(19)23(30)27-17-9-5-4-6-10-17/h7-8,11-15,17H,4-6,9-10H2,1-3H3,(H,27,30)(H,28,31)(H,29,32)/b26-15+. The fourth-order valence-electron chi connectivity index (χ4n) is 3.87. The highest BCUT2D eigenvalue weighted by Gasteiger charge is 2.21. The molecule has 35 heavy (non-hydrogen) atoms. The van der Waals surface area contributed by atoms with Crippen molar-refractivity contribution in [3.63, 3.8) is 0 Å². The molecule has 3 rings (SSSR count). The van der Waals surface area contributed by atoms with Gasteiger partial charge in [0.15, 0.2) is 11.5 Å². The van der Waals surface area contributed by atoms with E-state index in [0.29, 0.717) is 28.4 Å². The zero-order valence-electron chi connectivity index (χ0n) is 20.1. The van der Waals surface area contributed by atoms with Gasteiger partial charge in [-0.05, 0) is 37.1 Å². The van der Waals surface area contributed by atoms with Gasteiger partial charge in [0, 0.05) is 11.6 Å². The molecule has 2 aromatic rings. The Bertz CT molecular complexity index is 1070. The average molecular weight is 483 g/mol. The van der Waals surface area contributed by atoms with Crippen LogP contribution in [0.25, 0.3) is 0 Å². The summed E-state index contributed by atoms with van der Waals surface area (Å²) in [6.07, 6.45) is 6.55. The molecule has 10 nitrogen and oxygen atoms in total. The number of nitrogens with one attached hydrogen (secondary N) is 3. The van der Waals surface area contributed by atoms with Crippen LogP contribution in [0.2, 0.25) is 0 Å². The Balaban J connectivity index is 1.63. The predicted molar refractivity (Wildman–Crippen MR) is 131 cm³/mol. The van der Waals surface area contributed by atoms with E-state index >= 15 is 0 Å². The molecule has 0 atom stereocenters. The lowest BCUT2D eigenvalue weighted by Crippen LogP contribution is -2.37. The highest BCUT2D eigenvalue weighted by molar-refractivity contribution is 6.40. The number of anilines is 1. The number of hydrazone groups is 1. The Labute approximate surface area is 204 Å². The number of amides is 3. The molecule has 0 bridgehead atoms. The van der Waals surface area contributed by atoms with Gasteiger partial charge in [-0.15, -0.1) is 0 Å². The van der Waals surface area contributed by atoms with E-state index in [1.165, 1.54) is 34.0 Å². The predicted octanol–water partition coefficient (Wildman–Crippen LogP) is 2.86. The molecule has 0 radical (unpaired) electrons. The van der Waals surface area contributed by atoms with E-state index in [4.69, 9.17) is 14.2 Å². The third-order valence-electron chi connectivity index (χ3n) is 5.63. The van der Waals surface area contributed by atoms with Crippen molar-refractivity contribution in [3.05, 3.63) is 47.5 Å². The minimum Gasteiger partial charge on any atom is -0.493 e. The van der Waals surface area contributed by atoms with Crippen LogP contribution in [0.15, 0.2) is 41.5 Å². The summed E-state index contributed by atoms with van der Waals surface area (Å²) in [5.41, 5.74) is 3.26. The topological polar surface area (TPSA) is 127 Å². The second kappa shape index (κ2) is 12.4. The van der Waals surface area contributed by atoms with Crippen LogP contribution >= 0.6 is 0 Å². The molecule has 3 N–H and O–H groups in total. The minimum absolute atomic E-state index is 0.118. The second-order valence-corrected chi connectivity index (χ2v) is 7.97. The van der Waals surface area contributed by atoms with E-state index in [0.717, 1.165) is 25.7 Å². The van der Waals surface area contributed by atoms with E-state index in [1.54, 1.807) is 36.4 Å². The van der Waals surface area contributed by atoms with Crippen LogP contribution in [0.3, 0.4) is 0 Å². The molecular weight excluding hydrogens is 452 g/mol. The lowest BCUT2D eigenvalue weighted by molar-refractivity contribution is -0.136. The minimum atomic E-state index is -0.990. The maximum absolute atomic E-state index is 12.7. The maximum atomic E-state index is 12.7. The van der Waals surface area contributed by atoms with Crippen LogP contribution in [0, 0.1) is 0 Å². The molecule has 0 aliphatic heterocycles. The smallest absolute Gasteiger partial charge is 0.329 e. The van der Waals surface area contributed by atoms with Crippen LogP contribution in [0.4, 0.5) is 5.69 Å². The molecule has 0 saturated heterocycles. The molecule has 3 amide bonds. The third kappa shape index (κ3) is 6.72. The van der Waals surface area contributed by atoms with Gasteiger partial charge in [0.1, 0.15) is 0 Å². The first-order valence-electron chi connectivity index (χ1n) is 11.3. The van der Waals surface area contributed by atoms with Crippen LogP contribution < -0.4 is 30.3 Å². The van der Waals surface area contributed by atoms with Crippen molar-refractivity contribution in [3.8, 4) is 17.2 Å². The molecule has 0 aromatic heterocycles. The van der Waals surface area contributed by atoms with Crippen LogP contribution in [0.1, 0.15) is 48.0 Å². The van der Waals surface area contributed by atoms with Gasteiger partial charge in [0.2, 0.25) is 5.75 Å². The molecule has 2 aromatic carbocycles. The lowest BCUT2D eigenvalue weighted by Gasteiger charge is -2.23. The fourth-order valence-corrected chi connectivity index (χ4v) is 3.87. The van der Waals surface area contributed by atoms with Crippen molar-refractivity contribution in [1.82, 2.24) is 10.7 Å². The zero-order chi connectivity index (χ0) is 25.2. The van der Waals surface area contributed by atoms with E-state index in [1.807, 2.05) is 0 Å². The third-order valence-corrected chi connectivity index (χ3v) is 5.63. The van der Waals surface area contributed by atoms with Crippen LogP contribution in [0.5, 0.6) is 17.2 Å². The molecule has 0 heterocycles. The Hall–Kier alpha value is -4.08. The summed E-state index contributed by atoms with van der Waals surface area (Å²) in [7, 11) is 4.46. The van der Waals surface area contributed by atoms with E-state index in [2.05, 4.69) is 21.2 Å². The summed E-state index contributed by atoms with van der Waals surface area (Å²) in [6.45, 7) is 0. The number of hydrogen-bond acceptors (Lipinski definition) is 7. The molecule has 1 fully saturated rings. The quantitative estimate of drug-likeness (QED) is 0.302. The maximum Gasteiger partial charge on any atom is 0.329 e. The molecule has 0 spiro atoms. The van der Waals surface area contributed by atoms with Crippen molar-refractivity contribution in [1.29, 1.82) is 0 Å². The van der Waals surface area contributed by atoms with Crippen molar-refractivity contribution in [2.45, 2.75) is 38.1 Å². The Morgan fingerprint density at radius 1 is 0.914 bits per heavy atom. The highest BCUT2D eigenvalue weighted by Crippen LogP contribution is 2.37. The number of carbonyl (C=O) groups excluding carboxylic acids is 3. The second-order valence-electron chi connectivity index (χ2n) is 7.97. The molecule has 1 aliphatic rings. The van der Waals surface area contributed by atoms with Gasteiger partial charge in [0.25, 0.3) is 5.91 Å². The summed E-state index contributed by atoms with van der Waals surface area (Å²) in [4.78, 5) is 37.4. The Kier molecular flexibility index (Phi) is 9.05. The van der Waals surface area contributed by atoms with Gasteiger partial charge in [-0.3, -0.25) is 14.4 Å². The summed E-state index contributed by atoms with van der Waals surface area (Å²) < 4.78 is 15.8. The Morgan fingerprint density at radius 2 is 1.57 bits per heavy atom. The first kappa shape index (κ1) is 25.5. The molecule has 1 aliphatic carbocycles. The van der Waals surface area contributed by atoms with Gasteiger partial charge < -0.3 is 24.8 Å². The lowest BCUT2D eigenvalue weighted by atomic mass is 9.95. The SMILES string of the molecule is COc1cc(/C=N/NC(=O)C(=O)Nc2ccccc2C(=O)NC2CCCCC2)cc(OC)c1OC. The van der Waals surface area contributed by atoms with E-state index in [-0.39, 0.29) is 17.6 Å². The van der Waals surface area contributed by atoms with Crippen molar-refractivity contribution in [2.75, 3.05) is 26.6 Å². The van der Waals surface area contributed by atoms with E-state index in [9.17, 15) is 14.4 Å². The molecular formula is C25H30N4O6. The number of nitrogens with zero attached hydrogens (tertiary/aromatic N) is 1. The normalized spacial score (nSPS) is 13.7. The van der Waals surface area contributed by atoms with Crippen molar-refractivity contribution < 1.29 is 28.6 Å². The summed E-state index contributed by atoms with van der Waals surface area (Å²) >= 11 is 0. The van der Waals surface area contributed by atoms with Gasteiger partial charge in [-0.25, -0.2) is 5.43 Å². The number of para-hydroxylation sites is 1. The number of hydrogen-bond donors (Lipinski definition) is 3. The number of benzene rings is 2. The zero-order valence-corrected chi connectivity index (χ0v) is 20.1. The monoisotopic (exact) mass is 482 g/mol. The Morgan fingerprint density at radius 3 is 2.20 bits per heavy atom. The van der Waals surface area contributed by atoms with Gasteiger partial charge in [0.05, 0.1) is 38.8 Å². The van der Waals surface area contributed by atoms with Crippen LogP contribution in [-0.2, 0) is 9.59 Å². The average Bonchev–Trinajstić information content (AvgIpc) is 2.88. The molecule has 10 heteroatoms. The molecule has 1 saturated carbocycles. The van der Waals surface area contributed by atoms with Gasteiger partial charge in [-0.2, -0.15) is 5.10 Å². The van der Waals surface area contributed by atoms with Crippen molar-refractivity contribution in [2.24, 2.45) is 5.10 Å². The summed E-state index contributed by atoms with van der Waals surface area (Å²) in [6, 6.07) is 9.94. The highest BCUT2D eigenvalue weighted by atomic mass is 16.5. The number of methoxy groups -OCH3 is 3. The summed E-state index contributed by atoms with van der Waals surface area (Å²) in [5, 5.41) is 9.33. The first-order chi connectivity index (χ1) is 17.0. The van der Waals surface area contributed by atoms with Gasteiger partial charge >= 0.3 is 11.8 Å². The first-order valence-corrected chi connectivity index (χ1v) is 11.3. The van der Waals surface area contributed by atoms with Crippen LogP contribution in [-0.4, -0.2) is 51.3 Å². The fraction of sp³-hybridized carbons (Fsp3) is 0.360. The van der Waals surface area contributed by atoms with Crippen molar-refractivity contribution >= 4 is 29.6 Å². The number of carbonyl (C=O) groups is 3. The number of ether oxygens (including phenoxy) is 3. The van der Waals surface area contributed by atoms with E-state index < -0.39 is 11.8 Å². The summed E-state index contributed by atoms with van der Waals surface area (Å²) in [5.74, 6) is -0.975. The largest absolute Gasteiger partial charge is 0.493 e. The molecule has 0 unspecified atom stereocenters. The van der Waals surface area contributed by atoms with Gasteiger partial charge in [-0.1, -0.05) is 31.4 Å². The number of rotatable bonds is 8. The molecule has 186 valence electrons.